The maximum absolute atomic E-state index is 7.39. The lowest BCUT2D eigenvalue weighted by atomic mass is 9.41. The quantitative estimate of drug-likeness (QED) is 0.298. The molecule has 11 atom stereocenters. The van der Waals surface area contributed by atoms with Gasteiger partial charge in [0.2, 0.25) is 0 Å². The minimum Gasteiger partial charge on any atom is -0.414 e. The Morgan fingerprint density at radius 2 is 1.65 bits per heavy atom. The zero-order valence-electron chi connectivity index (χ0n) is 28.0. The molecule has 228 valence electrons. The van der Waals surface area contributed by atoms with Gasteiger partial charge in [0, 0.05) is 11.8 Å². The number of aryl methyl sites for hydroxylation is 1. The molecule has 4 aliphatic rings. The number of nitrogens with zero attached hydrogens (tertiary/aromatic N) is 2. The number of hydrogen-bond donors (Lipinski definition) is 0. The molecule has 0 unspecified atom stereocenters. The highest BCUT2D eigenvalue weighted by Gasteiger charge is 2.65. The molecular weight excluding hydrogens is 525 g/mol. The van der Waals surface area contributed by atoms with Gasteiger partial charge in [-0.15, -0.1) is 21.5 Å². The van der Waals surface area contributed by atoms with Crippen LogP contribution in [0.2, 0.25) is 19.6 Å². The smallest absolute Gasteiger partial charge is 0.184 e. The van der Waals surface area contributed by atoms with Gasteiger partial charge < -0.3 is 4.43 Å². The Bertz CT molecular complexity index is 1030. The first-order chi connectivity index (χ1) is 18.6. The third kappa shape index (κ3) is 5.56. The molecule has 0 aliphatic heterocycles. The van der Waals surface area contributed by atoms with Crippen LogP contribution in [0.5, 0.6) is 0 Å². The van der Waals surface area contributed by atoms with E-state index in [2.05, 4.69) is 85.2 Å². The second kappa shape index (κ2) is 11.0. The fourth-order valence-corrected chi connectivity index (χ4v) is 13.0. The molecule has 4 saturated carbocycles. The van der Waals surface area contributed by atoms with Crippen molar-refractivity contribution in [2.24, 2.45) is 58.2 Å². The predicted molar refractivity (Wildman–Crippen MR) is 173 cm³/mol. The summed E-state index contributed by atoms with van der Waals surface area (Å²) in [6.07, 6.45) is 14.2. The first-order valence-electron chi connectivity index (χ1n) is 17.1. The van der Waals surface area contributed by atoms with Gasteiger partial charge in [0.05, 0.1) is 6.10 Å². The van der Waals surface area contributed by atoms with Crippen LogP contribution in [0, 0.1) is 58.2 Å². The molecule has 0 radical (unpaired) electrons. The van der Waals surface area contributed by atoms with Crippen molar-refractivity contribution in [3.8, 4) is 0 Å². The average molecular weight is 587 g/mol. The maximum Gasteiger partial charge on any atom is 0.184 e. The van der Waals surface area contributed by atoms with Crippen LogP contribution in [0.15, 0.2) is 0 Å². The second-order valence-corrected chi connectivity index (χ2v) is 23.1. The summed E-state index contributed by atoms with van der Waals surface area (Å²) in [5, 5.41) is 11.6. The molecule has 0 amide bonds. The Morgan fingerprint density at radius 1 is 0.975 bits per heavy atom. The summed E-state index contributed by atoms with van der Waals surface area (Å²) < 4.78 is 7.39. The summed E-state index contributed by atoms with van der Waals surface area (Å²) in [5.74, 6) is 6.52. The third-order valence-electron chi connectivity index (χ3n) is 12.8. The van der Waals surface area contributed by atoms with Crippen molar-refractivity contribution in [1.29, 1.82) is 0 Å². The monoisotopic (exact) mass is 586 g/mol. The number of rotatable bonds is 7. The highest BCUT2D eigenvalue weighted by molar-refractivity contribution is 7.11. The predicted octanol–water partition coefficient (Wildman–Crippen LogP) is 10.2. The van der Waals surface area contributed by atoms with Crippen LogP contribution in [0.4, 0.5) is 0 Å². The molecule has 0 bridgehead atoms. The summed E-state index contributed by atoms with van der Waals surface area (Å²) in [5.41, 5.74) is 1.08. The molecule has 0 aromatic carbocycles. The van der Waals surface area contributed by atoms with Crippen molar-refractivity contribution in [3.05, 3.63) is 10.0 Å². The van der Waals surface area contributed by atoms with E-state index in [1.165, 1.54) is 67.8 Å². The topological polar surface area (TPSA) is 35.0 Å². The van der Waals surface area contributed by atoms with E-state index in [1.54, 1.807) is 0 Å². The van der Waals surface area contributed by atoms with E-state index in [0.29, 0.717) is 16.9 Å². The van der Waals surface area contributed by atoms with E-state index >= 15 is 0 Å². The Kier molecular flexibility index (Phi) is 8.59. The van der Waals surface area contributed by atoms with E-state index < -0.39 is 8.32 Å². The van der Waals surface area contributed by atoms with Gasteiger partial charge in [0.1, 0.15) is 10.0 Å². The van der Waals surface area contributed by atoms with Crippen LogP contribution < -0.4 is 0 Å². The third-order valence-corrected chi connectivity index (χ3v) is 15.2. The molecule has 0 N–H and O–H groups in total. The number of hydrogen-bond acceptors (Lipinski definition) is 4. The summed E-state index contributed by atoms with van der Waals surface area (Å²) in [4.78, 5) is 0. The second-order valence-electron chi connectivity index (χ2n) is 17.5. The highest BCUT2D eigenvalue weighted by Crippen LogP contribution is 2.70. The standard InChI is InChI=1S/C35H62N2OSSi/c1-12-24-28-21-22(2)17-19-35(28,8)27-18-20-34(7)25(14-15-26(34)30(27)31(24)38-40(9,10)11)23(3)13-16-29-36-37-32(39-29)33(4,5)6/h22-28,30-31H,12-21H2,1-11H3/t22-,23-,24-,25-,26+,27+,28+,30+,31-,34-,35-/m1/s1. The van der Waals surface area contributed by atoms with E-state index in [0.717, 1.165) is 53.8 Å². The van der Waals surface area contributed by atoms with Crippen LogP contribution >= 0.6 is 11.3 Å². The molecule has 1 heterocycles. The van der Waals surface area contributed by atoms with E-state index in [4.69, 9.17) is 4.43 Å². The fourth-order valence-electron chi connectivity index (χ4n) is 10.9. The average Bonchev–Trinajstić information content (AvgIpc) is 3.47. The lowest BCUT2D eigenvalue weighted by Gasteiger charge is -2.66. The molecule has 5 heteroatoms. The number of fused-ring (bicyclic) bond motifs is 5. The van der Waals surface area contributed by atoms with E-state index in [9.17, 15) is 0 Å². The van der Waals surface area contributed by atoms with Crippen LogP contribution in [0.25, 0.3) is 0 Å². The van der Waals surface area contributed by atoms with Gasteiger partial charge in [-0.3, -0.25) is 0 Å². The molecule has 4 fully saturated rings. The van der Waals surface area contributed by atoms with E-state index in [-0.39, 0.29) is 5.41 Å². The van der Waals surface area contributed by atoms with Crippen molar-refractivity contribution < 1.29 is 4.43 Å². The minimum absolute atomic E-state index is 0.100. The highest BCUT2D eigenvalue weighted by atomic mass is 32.1. The molecule has 1 aromatic rings. The van der Waals surface area contributed by atoms with Crippen molar-refractivity contribution in [2.45, 2.75) is 151 Å². The summed E-state index contributed by atoms with van der Waals surface area (Å²) >= 11 is 1.84. The first kappa shape index (κ1) is 31.2. The van der Waals surface area contributed by atoms with Gasteiger partial charge in [-0.2, -0.15) is 0 Å². The molecule has 4 aliphatic carbocycles. The molecular formula is C35H62N2OSSi. The van der Waals surface area contributed by atoms with Gasteiger partial charge in [0.15, 0.2) is 8.32 Å². The van der Waals surface area contributed by atoms with Crippen LogP contribution in [0.3, 0.4) is 0 Å². The largest absolute Gasteiger partial charge is 0.414 e. The van der Waals surface area contributed by atoms with Crippen LogP contribution in [0.1, 0.15) is 123 Å². The van der Waals surface area contributed by atoms with Crippen molar-refractivity contribution in [2.75, 3.05) is 0 Å². The van der Waals surface area contributed by atoms with E-state index in [1.807, 2.05) is 11.3 Å². The van der Waals surface area contributed by atoms with Gasteiger partial charge in [-0.1, -0.05) is 68.2 Å². The molecule has 0 spiro atoms. The lowest BCUT2D eigenvalue weighted by molar-refractivity contribution is -0.193. The maximum atomic E-state index is 7.39. The molecule has 3 nitrogen and oxygen atoms in total. The molecule has 5 rings (SSSR count). The van der Waals surface area contributed by atoms with Gasteiger partial charge in [-0.25, -0.2) is 0 Å². The Labute approximate surface area is 252 Å². The zero-order valence-corrected chi connectivity index (χ0v) is 29.8. The molecule has 40 heavy (non-hydrogen) atoms. The fraction of sp³-hybridized carbons (Fsp3) is 0.943. The summed E-state index contributed by atoms with van der Waals surface area (Å²) in [6, 6.07) is 0. The first-order valence-corrected chi connectivity index (χ1v) is 21.3. The van der Waals surface area contributed by atoms with Crippen molar-refractivity contribution >= 4 is 19.7 Å². The van der Waals surface area contributed by atoms with Crippen LogP contribution in [-0.4, -0.2) is 24.6 Å². The number of aromatic nitrogens is 2. The SMILES string of the molecule is CC[C@H]1[C@@H](O[Si](C)(C)C)[C@@H]2[C@H](CC[C@]3(C)[C@@H]([C@H](C)CCc4nnc(C(C)(C)C)s4)CC[C@@H]23)[C@@]2(C)CC[C@@H](C)C[C@@H]12. The van der Waals surface area contributed by atoms with Gasteiger partial charge >= 0.3 is 0 Å². The normalized spacial score (nSPS) is 42.7. The molecule has 1 aromatic heterocycles. The minimum atomic E-state index is -1.66. The van der Waals surface area contributed by atoms with Crippen molar-refractivity contribution in [3.63, 3.8) is 0 Å². The Hall–Kier alpha value is -0.263. The summed E-state index contributed by atoms with van der Waals surface area (Å²) in [6.45, 7) is 27.2. The Balaban J connectivity index is 1.40. The zero-order chi connectivity index (χ0) is 29.3. The van der Waals surface area contributed by atoms with Gasteiger partial charge in [0.25, 0.3) is 0 Å². The van der Waals surface area contributed by atoms with Gasteiger partial charge in [-0.05, 0) is 123 Å². The summed E-state index contributed by atoms with van der Waals surface area (Å²) in [7, 11) is -1.66. The lowest BCUT2D eigenvalue weighted by Crippen LogP contribution is -2.63. The Morgan fingerprint density at radius 3 is 2.27 bits per heavy atom. The van der Waals surface area contributed by atoms with Crippen LogP contribution in [-0.2, 0) is 16.3 Å². The molecule has 0 saturated heterocycles. The van der Waals surface area contributed by atoms with Crippen molar-refractivity contribution in [1.82, 2.24) is 10.2 Å².